The lowest BCUT2D eigenvalue weighted by Crippen LogP contribution is -2.45. The van der Waals surface area contributed by atoms with E-state index >= 15 is 0 Å². The molecule has 126 valence electrons. The normalized spacial score (nSPS) is 16.3. The average molecular weight is 337 g/mol. The van der Waals surface area contributed by atoms with Crippen LogP contribution in [0, 0.1) is 25.2 Å². The van der Waals surface area contributed by atoms with E-state index < -0.39 is 10.0 Å². The third-order valence-electron chi connectivity index (χ3n) is 4.16. The molecule has 0 radical (unpaired) electrons. The van der Waals surface area contributed by atoms with Gasteiger partial charge in [-0.2, -0.15) is 10.4 Å². The number of nitrogens with zero attached hydrogens (tertiary/aromatic N) is 4. The summed E-state index contributed by atoms with van der Waals surface area (Å²) in [5.41, 5.74) is 2.17. The first-order valence-electron chi connectivity index (χ1n) is 7.87. The van der Waals surface area contributed by atoms with E-state index in [1.165, 1.54) is 0 Å². The van der Waals surface area contributed by atoms with Crippen LogP contribution < -0.4 is 9.62 Å². The average Bonchev–Trinajstić information content (AvgIpc) is 2.50. The van der Waals surface area contributed by atoms with Crippen molar-refractivity contribution in [2.75, 3.05) is 23.7 Å². The number of piperidine rings is 1. The van der Waals surface area contributed by atoms with Crippen LogP contribution in [0.4, 0.5) is 5.82 Å². The zero-order valence-corrected chi connectivity index (χ0v) is 14.7. The lowest BCUT2D eigenvalue weighted by Gasteiger charge is -2.33. The van der Waals surface area contributed by atoms with Crippen LogP contribution in [0.1, 0.15) is 43.0 Å². The summed E-state index contributed by atoms with van der Waals surface area (Å²) in [4.78, 5) is 2.02. The van der Waals surface area contributed by atoms with Crippen molar-refractivity contribution in [1.29, 1.82) is 5.26 Å². The molecule has 1 saturated heterocycles. The second-order valence-corrected chi connectivity index (χ2v) is 7.79. The van der Waals surface area contributed by atoms with Gasteiger partial charge in [-0.05, 0) is 38.7 Å². The molecule has 1 aliphatic heterocycles. The van der Waals surface area contributed by atoms with Crippen LogP contribution in [-0.4, -0.2) is 43.5 Å². The molecule has 0 amide bonds. The van der Waals surface area contributed by atoms with Crippen molar-refractivity contribution in [3.05, 3.63) is 16.8 Å². The van der Waals surface area contributed by atoms with Gasteiger partial charge in [-0.3, -0.25) is 0 Å². The molecule has 0 aliphatic carbocycles. The van der Waals surface area contributed by atoms with Gasteiger partial charge in [0, 0.05) is 19.1 Å². The first-order valence-corrected chi connectivity index (χ1v) is 9.52. The van der Waals surface area contributed by atoms with Gasteiger partial charge < -0.3 is 4.90 Å². The van der Waals surface area contributed by atoms with E-state index in [-0.39, 0.29) is 11.8 Å². The Labute approximate surface area is 137 Å². The molecule has 0 atom stereocenters. The van der Waals surface area contributed by atoms with Crippen LogP contribution in [0.2, 0.25) is 0 Å². The van der Waals surface area contributed by atoms with Crippen LogP contribution in [-0.2, 0) is 10.0 Å². The highest BCUT2D eigenvalue weighted by molar-refractivity contribution is 7.89. The van der Waals surface area contributed by atoms with E-state index in [4.69, 9.17) is 0 Å². The monoisotopic (exact) mass is 337 g/mol. The fourth-order valence-electron chi connectivity index (χ4n) is 2.74. The van der Waals surface area contributed by atoms with Crippen molar-refractivity contribution < 1.29 is 8.42 Å². The van der Waals surface area contributed by atoms with Gasteiger partial charge in [0.2, 0.25) is 10.0 Å². The van der Waals surface area contributed by atoms with Crippen molar-refractivity contribution in [3.8, 4) is 6.07 Å². The second-order valence-electron chi connectivity index (χ2n) is 5.92. The third kappa shape index (κ3) is 4.18. The van der Waals surface area contributed by atoms with Crippen LogP contribution in [0.25, 0.3) is 0 Å². The van der Waals surface area contributed by atoms with Crippen molar-refractivity contribution in [3.63, 3.8) is 0 Å². The number of nitrogens with one attached hydrogen (secondary N) is 1. The van der Waals surface area contributed by atoms with E-state index in [9.17, 15) is 13.7 Å². The Bertz CT molecular complexity index is 703. The first kappa shape index (κ1) is 17.6. The minimum Gasteiger partial charge on any atom is -0.354 e. The zero-order chi connectivity index (χ0) is 17.0. The molecule has 0 saturated carbocycles. The Morgan fingerprint density at radius 1 is 1.30 bits per heavy atom. The Morgan fingerprint density at radius 3 is 2.52 bits per heavy atom. The van der Waals surface area contributed by atoms with Crippen molar-refractivity contribution in [2.45, 2.75) is 46.1 Å². The van der Waals surface area contributed by atoms with Gasteiger partial charge in [-0.15, -0.1) is 5.10 Å². The molecule has 0 spiro atoms. The largest absolute Gasteiger partial charge is 0.354 e. The molecular formula is C15H23N5O2S. The number of nitriles is 1. The highest BCUT2D eigenvalue weighted by Crippen LogP contribution is 2.24. The van der Waals surface area contributed by atoms with Crippen LogP contribution in [0.5, 0.6) is 0 Å². The minimum absolute atomic E-state index is 0.0483. The molecule has 8 heteroatoms. The van der Waals surface area contributed by atoms with Gasteiger partial charge >= 0.3 is 0 Å². The Kier molecular flexibility index (Phi) is 5.55. The zero-order valence-electron chi connectivity index (χ0n) is 13.8. The predicted molar refractivity (Wildman–Crippen MR) is 88.7 cm³/mol. The molecule has 7 nitrogen and oxygen atoms in total. The van der Waals surface area contributed by atoms with E-state index in [1.807, 2.05) is 25.7 Å². The van der Waals surface area contributed by atoms with Crippen LogP contribution in [0.15, 0.2) is 0 Å². The molecule has 0 aromatic carbocycles. The maximum Gasteiger partial charge on any atom is 0.211 e. The summed E-state index contributed by atoms with van der Waals surface area (Å²) in [7, 11) is -3.19. The predicted octanol–water partition coefficient (Wildman–Crippen LogP) is 1.26. The Balaban J connectivity index is 2.06. The number of aromatic nitrogens is 2. The molecule has 23 heavy (non-hydrogen) atoms. The van der Waals surface area contributed by atoms with Crippen LogP contribution in [0.3, 0.4) is 0 Å². The molecular weight excluding hydrogens is 314 g/mol. The molecule has 1 fully saturated rings. The fraction of sp³-hybridized carbons (Fsp3) is 0.667. The molecule has 0 bridgehead atoms. The van der Waals surface area contributed by atoms with Crippen molar-refractivity contribution in [2.24, 2.45) is 0 Å². The van der Waals surface area contributed by atoms with Crippen LogP contribution >= 0.6 is 0 Å². The highest BCUT2D eigenvalue weighted by atomic mass is 32.2. The summed E-state index contributed by atoms with van der Waals surface area (Å²) < 4.78 is 26.4. The Hall–Kier alpha value is -1.72. The van der Waals surface area contributed by atoms with Gasteiger partial charge in [-0.25, -0.2) is 13.1 Å². The van der Waals surface area contributed by atoms with Gasteiger partial charge in [0.1, 0.15) is 11.6 Å². The van der Waals surface area contributed by atoms with Gasteiger partial charge in [0.05, 0.1) is 11.4 Å². The first-order chi connectivity index (χ1) is 10.9. The Morgan fingerprint density at radius 2 is 1.96 bits per heavy atom. The molecule has 0 unspecified atom stereocenters. The van der Waals surface area contributed by atoms with Crippen molar-refractivity contribution in [1.82, 2.24) is 14.9 Å². The number of sulfonamides is 1. The van der Waals surface area contributed by atoms with Gasteiger partial charge in [0.15, 0.2) is 5.82 Å². The summed E-state index contributed by atoms with van der Waals surface area (Å²) in [6.07, 6.45) is 2.00. The number of hydrogen-bond donors (Lipinski definition) is 1. The summed E-state index contributed by atoms with van der Waals surface area (Å²) >= 11 is 0. The summed E-state index contributed by atoms with van der Waals surface area (Å²) in [6.45, 7) is 6.87. The molecule has 2 rings (SSSR count). The molecule has 1 aromatic rings. The standard InChI is InChI=1S/C15H23N5O2S/c1-4-9-23(21,22)19-13-5-7-20(8-6-13)15-14(10-16)11(2)12(3)17-18-15/h13,19H,4-9H2,1-3H3. The molecule has 1 aliphatic rings. The molecule has 1 aromatic heterocycles. The third-order valence-corrected chi connectivity index (χ3v) is 5.80. The summed E-state index contributed by atoms with van der Waals surface area (Å²) in [5.74, 6) is 0.763. The highest BCUT2D eigenvalue weighted by Gasteiger charge is 2.26. The van der Waals surface area contributed by atoms with E-state index in [1.54, 1.807) is 0 Å². The molecule has 2 heterocycles. The van der Waals surface area contributed by atoms with E-state index in [2.05, 4.69) is 21.0 Å². The van der Waals surface area contributed by atoms with Gasteiger partial charge in [-0.1, -0.05) is 6.92 Å². The summed E-state index contributed by atoms with van der Waals surface area (Å²) in [5, 5.41) is 17.7. The number of aryl methyl sites for hydroxylation is 1. The minimum atomic E-state index is -3.19. The number of anilines is 1. The lowest BCUT2D eigenvalue weighted by atomic mass is 10.0. The molecule has 1 N–H and O–H groups in total. The number of rotatable bonds is 5. The topological polar surface area (TPSA) is 99.0 Å². The van der Waals surface area contributed by atoms with E-state index in [0.29, 0.717) is 43.7 Å². The lowest BCUT2D eigenvalue weighted by molar-refractivity contribution is 0.457. The number of hydrogen-bond acceptors (Lipinski definition) is 6. The quantitative estimate of drug-likeness (QED) is 0.868. The maximum absolute atomic E-state index is 11.8. The maximum atomic E-state index is 11.8. The smallest absolute Gasteiger partial charge is 0.211 e. The SMILES string of the molecule is CCCS(=O)(=O)NC1CCN(c2nnc(C)c(C)c2C#N)CC1. The van der Waals surface area contributed by atoms with Gasteiger partial charge in [0.25, 0.3) is 0 Å². The second kappa shape index (κ2) is 7.23. The fourth-order valence-corrected chi connectivity index (χ4v) is 4.14. The van der Waals surface area contributed by atoms with Crippen molar-refractivity contribution >= 4 is 15.8 Å². The van der Waals surface area contributed by atoms with E-state index in [0.717, 1.165) is 11.3 Å². The summed E-state index contributed by atoms with van der Waals surface area (Å²) in [6, 6.07) is 2.16.